The highest BCUT2D eigenvalue weighted by Gasteiger charge is 2.35. The van der Waals surface area contributed by atoms with E-state index in [1.54, 1.807) is 0 Å². The first-order valence-corrected chi connectivity index (χ1v) is 12.2. The quantitative estimate of drug-likeness (QED) is 0.546. The van der Waals surface area contributed by atoms with Gasteiger partial charge in [0.05, 0.1) is 0 Å². The predicted octanol–water partition coefficient (Wildman–Crippen LogP) is 3.29. The second kappa shape index (κ2) is 12.6. The van der Waals surface area contributed by atoms with E-state index < -0.39 is 6.04 Å². The molecule has 0 aliphatic carbocycles. The normalized spacial score (nSPS) is 17.6. The molecule has 1 aliphatic rings. The molecule has 2 atom stereocenters. The molecule has 0 saturated carbocycles. The Balaban J connectivity index is 2.10. The van der Waals surface area contributed by atoms with E-state index in [2.05, 4.69) is 37.9 Å². The van der Waals surface area contributed by atoms with Crippen LogP contribution in [0.4, 0.5) is 0 Å². The second-order valence-corrected chi connectivity index (χ2v) is 10.4. The largest absolute Gasteiger partial charge is 0.344 e. The Hall–Kier alpha value is -1.63. The lowest BCUT2D eigenvalue weighted by Crippen LogP contribution is -2.51. The number of rotatable bonds is 11. The molecule has 0 aromatic heterocycles. The first-order chi connectivity index (χ1) is 15.1. The van der Waals surface area contributed by atoms with E-state index in [0.717, 1.165) is 25.1 Å². The number of nitrogens with one attached hydrogen (secondary N) is 1. The van der Waals surface area contributed by atoms with Gasteiger partial charge in [0.1, 0.15) is 6.04 Å². The zero-order chi connectivity index (χ0) is 23.8. The van der Waals surface area contributed by atoms with Gasteiger partial charge in [0, 0.05) is 56.1 Å². The van der Waals surface area contributed by atoms with E-state index in [9.17, 15) is 9.59 Å². The standard InChI is InChI=1S/C25H41ClN4O2/c1-18(2)16-30(19(3)4)22-11-14-29(17-22)25(32)23(27-24(31)12-13-28(5)6)15-20-7-9-21(26)10-8-20/h7-10,18-19,22-23H,11-17H2,1-6H3,(H,27,31). The van der Waals surface area contributed by atoms with Crippen LogP contribution >= 0.6 is 11.6 Å². The fraction of sp³-hybridized carbons (Fsp3) is 0.680. The summed E-state index contributed by atoms with van der Waals surface area (Å²) in [5.41, 5.74) is 0.986. The highest BCUT2D eigenvalue weighted by Crippen LogP contribution is 2.21. The molecule has 1 aromatic carbocycles. The number of hydrogen-bond acceptors (Lipinski definition) is 4. The Labute approximate surface area is 199 Å². The van der Waals surface area contributed by atoms with Crippen LogP contribution in [-0.2, 0) is 16.0 Å². The number of likely N-dealkylation sites (tertiary alicyclic amines) is 1. The number of nitrogens with zero attached hydrogens (tertiary/aromatic N) is 3. The minimum absolute atomic E-state index is 0.00825. The van der Waals surface area contributed by atoms with E-state index in [1.807, 2.05) is 48.2 Å². The number of amides is 2. The lowest BCUT2D eigenvalue weighted by Gasteiger charge is -2.34. The number of benzene rings is 1. The average Bonchev–Trinajstić information content (AvgIpc) is 3.20. The molecule has 1 aliphatic heterocycles. The lowest BCUT2D eigenvalue weighted by molar-refractivity contribution is -0.135. The molecule has 1 heterocycles. The Morgan fingerprint density at radius 2 is 1.81 bits per heavy atom. The molecule has 1 aromatic rings. The summed E-state index contributed by atoms with van der Waals surface area (Å²) in [6, 6.07) is 7.72. The van der Waals surface area contributed by atoms with Gasteiger partial charge in [0.2, 0.25) is 11.8 Å². The van der Waals surface area contributed by atoms with Crippen molar-refractivity contribution in [1.82, 2.24) is 20.0 Å². The average molecular weight is 465 g/mol. The maximum absolute atomic E-state index is 13.5. The molecular weight excluding hydrogens is 424 g/mol. The smallest absolute Gasteiger partial charge is 0.245 e. The zero-order valence-corrected chi connectivity index (χ0v) is 21.4. The SMILES string of the molecule is CC(C)CN(C(C)C)C1CCN(C(=O)C(Cc2ccc(Cl)cc2)NC(=O)CCN(C)C)C1. The number of carbonyl (C=O) groups excluding carboxylic acids is 2. The van der Waals surface area contributed by atoms with E-state index in [0.29, 0.717) is 49.0 Å². The monoisotopic (exact) mass is 464 g/mol. The Bertz CT molecular complexity index is 736. The van der Waals surface area contributed by atoms with E-state index in [-0.39, 0.29) is 11.8 Å². The highest BCUT2D eigenvalue weighted by molar-refractivity contribution is 6.30. The lowest BCUT2D eigenvalue weighted by atomic mass is 10.0. The Kier molecular flexibility index (Phi) is 10.5. The van der Waals surface area contributed by atoms with Gasteiger partial charge in [-0.05, 0) is 58.0 Å². The summed E-state index contributed by atoms with van der Waals surface area (Å²) >= 11 is 6.02. The van der Waals surface area contributed by atoms with E-state index >= 15 is 0 Å². The highest BCUT2D eigenvalue weighted by atomic mass is 35.5. The van der Waals surface area contributed by atoms with Crippen molar-refractivity contribution >= 4 is 23.4 Å². The van der Waals surface area contributed by atoms with Gasteiger partial charge in [-0.2, -0.15) is 0 Å². The van der Waals surface area contributed by atoms with Gasteiger partial charge >= 0.3 is 0 Å². The van der Waals surface area contributed by atoms with Gasteiger partial charge in [-0.25, -0.2) is 0 Å². The number of halogens is 1. The molecular formula is C25H41ClN4O2. The van der Waals surface area contributed by atoms with Crippen molar-refractivity contribution in [3.63, 3.8) is 0 Å². The van der Waals surface area contributed by atoms with Crippen molar-refractivity contribution in [2.75, 3.05) is 40.3 Å². The molecule has 7 heteroatoms. The maximum Gasteiger partial charge on any atom is 0.245 e. The Morgan fingerprint density at radius 1 is 1.16 bits per heavy atom. The summed E-state index contributed by atoms with van der Waals surface area (Å²) in [5.74, 6) is 0.495. The summed E-state index contributed by atoms with van der Waals surface area (Å²) in [6.45, 7) is 12.0. The molecule has 6 nitrogen and oxygen atoms in total. The molecule has 0 radical (unpaired) electrons. The van der Waals surface area contributed by atoms with Crippen LogP contribution in [-0.4, -0.2) is 84.9 Å². The molecule has 180 valence electrons. The van der Waals surface area contributed by atoms with Gasteiger partial charge < -0.3 is 15.1 Å². The van der Waals surface area contributed by atoms with Crippen LogP contribution in [0.5, 0.6) is 0 Å². The van der Waals surface area contributed by atoms with E-state index in [1.165, 1.54) is 0 Å². The fourth-order valence-corrected chi connectivity index (χ4v) is 4.41. The first kappa shape index (κ1) is 26.6. The predicted molar refractivity (Wildman–Crippen MR) is 132 cm³/mol. The van der Waals surface area contributed by atoms with Crippen LogP contribution in [0.3, 0.4) is 0 Å². The van der Waals surface area contributed by atoms with Crippen molar-refractivity contribution in [2.45, 2.75) is 65.1 Å². The molecule has 2 amide bonds. The summed E-state index contributed by atoms with van der Waals surface area (Å²) in [6.07, 6.45) is 1.80. The van der Waals surface area contributed by atoms with Crippen LogP contribution in [0.15, 0.2) is 24.3 Å². The van der Waals surface area contributed by atoms with Gasteiger partial charge in [0.25, 0.3) is 0 Å². The molecule has 1 fully saturated rings. The molecule has 32 heavy (non-hydrogen) atoms. The first-order valence-electron chi connectivity index (χ1n) is 11.8. The summed E-state index contributed by atoms with van der Waals surface area (Å²) in [7, 11) is 3.87. The fourth-order valence-electron chi connectivity index (χ4n) is 4.28. The third-order valence-corrected chi connectivity index (χ3v) is 6.21. The molecule has 2 rings (SSSR count). The summed E-state index contributed by atoms with van der Waals surface area (Å²) < 4.78 is 0. The van der Waals surface area contributed by atoms with Crippen molar-refractivity contribution in [3.05, 3.63) is 34.9 Å². The van der Waals surface area contributed by atoms with Crippen molar-refractivity contribution in [1.29, 1.82) is 0 Å². The van der Waals surface area contributed by atoms with Gasteiger partial charge in [0.15, 0.2) is 0 Å². The number of carbonyl (C=O) groups is 2. The number of hydrogen-bond donors (Lipinski definition) is 1. The molecule has 1 saturated heterocycles. The van der Waals surface area contributed by atoms with Gasteiger partial charge in [-0.3, -0.25) is 14.5 Å². The van der Waals surface area contributed by atoms with Crippen LogP contribution in [0.2, 0.25) is 5.02 Å². The topological polar surface area (TPSA) is 55.9 Å². The molecule has 2 unspecified atom stereocenters. The van der Waals surface area contributed by atoms with Crippen LogP contribution in [0.25, 0.3) is 0 Å². The zero-order valence-electron chi connectivity index (χ0n) is 20.6. The third-order valence-electron chi connectivity index (χ3n) is 5.96. The van der Waals surface area contributed by atoms with Gasteiger partial charge in [-0.15, -0.1) is 0 Å². The van der Waals surface area contributed by atoms with E-state index in [4.69, 9.17) is 11.6 Å². The maximum atomic E-state index is 13.5. The molecule has 1 N–H and O–H groups in total. The van der Waals surface area contributed by atoms with Crippen LogP contribution in [0, 0.1) is 5.92 Å². The minimum Gasteiger partial charge on any atom is -0.344 e. The third kappa shape index (κ3) is 8.38. The van der Waals surface area contributed by atoms with Crippen molar-refractivity contribution < 1.29 is 9.59 Å². The summed E-state index contributed by atoms with van der Waals surface area (Å²) in [5, 5.41) is 3.67. The molecule has 0 spiro atoms. The van der Waals surface area contributed by atoms with Crippen LogP contribution in [0.1, 0.15) is 46.1 Å². The molecule has 0 bridgehead atoms. The van der Waals surface area contributed by atoms with Crippen LogP contribution < -0.4 is 5.32 Å². The minimum atomic E-state index is -0.567. The van der Waals surface area contributed by atoms with Gasteiger partial charge in [-0.1, -0.05) is 37.6 Å². The van der Waals surface area contributed by atoms with Crippen molar-refractivity contribution in [3.8, 4) is 0 Å². The Morgan fingerprint density at radius 3 is 2.38 bits per heavy atom. The van der Waals surface area contributed by atoms with Crippen molar-refractivity contribution in [2.24, 2.45) is 5.92 Å². The second-order valence-electron chi connectivity index (χ2n) is 9.92. The summed E-state index contributed by atoms with van der Waals surface area (Å²) in [4.78, 5) is 32.5.